The maximum atomic E-state index is 5.93. The molecule has 0 saturated carbocycles. The lowest BCUT2D eigenvalue weighted by molar-refractivity contribution is 0.227. The summed E-state index contributed by atoms with van der Waals surface area (Å²) >= 11 is 0. The lowest BCUT2D eigenvalue weighted by Crippen LogP contribution is -2.29. The first kappa shape index (κ1) is 14.0. The van der Waals surface area contributed by atoms with Crippen LogP contribution in [0.2, 0.25) is 0 Å². The highest BCUT2D eigenvalue weighted by Gasteiger charge is 2.21. The zero-order valence-electron chi connectivity index (χ0n) is 12.6. The predicted octanol–water partition coefficient (Wildman–Crippen LogP) is 3.10. The van der Waals surface area contributed by atoms with Gasteiger partial charge in [0.05, 0.1) is 7.11 Å². The fourth-order valence-corrected chi connectivity index (χ4v) is 2.78. The normalized spacial score (nSPS) is 16.4. The minimum atomic E-state index is 0.221. The molecule has 3 heteroatoms. The Morgan fingerprint density at radius 2 is 2.10 bits per heavy atom. The Balaban J connectivity index is 1.55. The van der Waals surface area contributed by atoms with E-state index in [4.69, 9.17) is 9.47 Å². The van der Waals surface area contributed by atoms with Gasteiger partial charge in [0.15, 0.2) is 0 Å². The molecule has 21 heavy (non-hydrogen) atoms. The molecule has 1 unspecified atom stereocenters. The van der Waals surface area contributed by atoms with Crippen LogP contribution in [0.4, 0.5) is 0 Å². The molecular weight excluding hydrogens is 262 g/mol. The summed E-state index contributed by atoms with van der Waals surface area (Å²) < 4.78 is 11.3. The summed E-state index contributed by atoms with van der Waals surface area (Å²) in [7, 11) is 1.71. The maximum Gasteiger partial charge on any atom is 0.123 e. The van der Waals surface area contributed by atoms with Crippen molar-refractivity contribution in [3.63, 3.8) is 0 Å². The zero-order valence-corrected chi connectivity index (χ0v) is 12.6. The van der Waals surface area contributed by atoms with Crippen LogP contribution in [0, 0.1) is 6.92 Å². The monoisotopic (exact) mass is 283 g/mol. The van der Waals surface area contributed by atoms with E-state index in [0.29, 0.717) is 0 Å². The van der Waals surface area contributed by atoms with Gasteiger partial charge in [-0.25, -0.2) is 0 Å². The van der Waals surface area contributed by atoms with Crippen LogP contribution in [0.1, 0.15) is 16.7 Å². The van der Waals surface area contributed by atoms with E-state index in [2.05, 4.69) is 36.5 Å². The van der Waals surface area contributed by atoms with Crippen LogP contribution in [0.15, 0.2) is 42.5 Å². The third kappa shape index (κ3) is 3.19. The number of rotatable bonds is 5. The molecule has 0 aromatic heterocycles. The molecule has 0 aliphatic carbocycles. The van der Waals surface area contributed by atoms with E-state index in [-0.39, 0.29) is 6.10 Å². The molecule has 0 saturated heterocycles. The lowest BCUT2D eigenvalue weighted by Gasteiger charge is -2.14. The van der Waals surface area contributed by atoms with Crippen molar-refractivity contribution in [1.29, 1.82) is 0 Å². The second kappa shape index (κ2) is 6.19. The SMILES string of the molecule is COc1ccc(C)cc1CNCC1Cc2ccccc2O1. The molecule has 1 heterocycles. The van der Waals surface area contributed by atoms with Crippen molar-refractivity contribution in [3.8, 4) is 11.5 Å². The summed E-state index contributed by atoms with van der Waals surface area (Å²) in [5, 5.41) is 3.48. The van der Waals surface area contributed by atoms with Gasteiger partial charge in [-0.3, -0.25) is 0 Å². The number of para-hydroxylation sites is 1. The Morgan fingerprint density at radius 3 is 2.90 bits per heavy atom. The lowest BCUT2D eigenvalue weighted by atomic mass is 10.1. The van der Waals surface area contributed by atoms with Gasteiger partial charge in [0, 0.05) is 25.1 Å². The van der Waals surface area contributed by atoms with Crippen molar-refractivity contribution >= 4 is 0 Å². The Morgan fingerprint density at radius 1 is 1.24 bits per heavy atom. The molecular formula is C18H21NO2. The molecule has 0 spiro atoms. The van der Waals surface area contributed by atoms with Gasteiger partial charge in [-0.1, -0.05) is 35.9 Å². The standard InChI is InChI=1S/C18H21NO2/c1-13-7-8-17(20-2)15(9-13)11-19-12-16-10-14-5-3-4-6-18(14)21-16/h3-9,16,19H,10-12H2,1-2H3. The van der Waals surface area contributed by atoms with Crippen molar-refractivity contribution in [2.75, 3.05) is 13.7 Å². The van der Waals surface area contributed by atoms with Gasteiger partial charge in [0.25, 0.3) is 0 Å². The Kier molecular flexibility index (Phi) is 4.11. The molecule has 0 fully saturated rings. The molecule has 0 radical (unpaired) electrons. The van der Waals surface area contributed by atoms with Crippen molar-refractivity contribution in [3.05, 3.63) is 59.2 Å². The number of methoxy groups -OCH3 is 1. The highest BCUT2D eigenvalue weighted by molar-refractivity contribution is 5.38. The molecule has 3 rings (SSSR count). The average molecular weight is 283 g/mol. The van der Waals surface area contributed by atoms with Crippen LogP contribution in [0.3, 0.4) is 0 Å². The highest BCUT2D eigenvalue weighted by Crippen LogP contribution is 2.27. The van der Waals surface area contributed by atoms with Crippen LogP contribution >= 0.6 is 0 Å². The van der Waals surface area contributed by atoms with Gasteiger partial charge in [0.1, 0.15) is 17.6 Å². The van der Waals surface area contributed by atoms with Crippen LogP contribution in [-0.4, -0.2) is 19.8 Å². The number of ether oxygens (including phenoxy) is 2. The van der Waals surface area contributed by atoms with E-state index in [0.717, 1.165) is 31.0 Å². The van der Waals surface area contributed by atoms with E-state index < -0.39 is 0 Å². The number of aryl methyl sites for hydroxylation is 1. The Hall–Kier alpha value is -2.00. The highest BCUT2D eigenvalue weighted by atomic mass is 16.5. The number of hydrogen-bond donors (Lipinski definition) is 1. The summed E-state index contributed by atoms with van der Waals surface area (Å²) in [6.07, 6.45) is 1.20. The first-order chi connectivity index (χ1) is 10.3. The van der Waals surface area contributed by atoms with Gasteiger partial charge in [-0.05, 0) is 24.6 Å². The van der Waals surface area contributed by atoms with Gasteiger partial charge < -0.3 is 14.8 Å². The van der Waals surface area contributed by atoms with Crippen LogP contribution in [0.25, 0.3) is 0 Å². The minimum absolute atomic E-state index is 0.221. The molecule has 1 aliphatic heterocycles. The summed E-state index contributed by atoms with van der Waals surface area (Å²) in [5.41, 5.74) is 3.74. The van der Waals surface area contributed by atoms with E-state index in [9.17, 15) is 0 Å². The molecule has 110 valence electrons. The molecule has 0 bridgehead atoms. The van der Waals surface area contributed by atoms with Crippen LogP contribution < -0.4 is 14.8 Å². The maximum absolute atomic E-state index is 5.93. The largest absolute Gasteiger partial charge is 0.496 e. The molecule has 0 amide bonds. The van der Waals surface area contributed by atoms with E-state index in [1.54, 1.807) is 7.11 Å². The summed E-state index contributed by atoms with van der Waals surface area (Å²) in [6, 6.07) is 14.5. The van der Waals surface area contributed by atoms with Crippen molar-refractivity contribution in [2.24, 2.45) is 0 Å². The molecule has 1 atom stereocenters. The zero-order chi connectivity index (χ0) is 14.7. The van der Waals surface area contributed by atoms with Crippen LogP contribution in [-0.2, 0) is 13.0 Å². The second-order valence-electron chi connectivity index (χ2n) is 5.50. The smallest absolute Gasteiger partial charge is 0.123 e. The fraction of sp³-hybridized carbons (Fsp3) is 0.333. The van der Waals surface area contributed by atoms with Gasteiger partial charge in [-0.2, -0.15) is 0 Å². The number of benzene rings is 2. The molecule has 2 aromatic carbocycles. The number of fused-ring (bicyclic) bond motifs is 1. The number of hydrogen-bond acceptors (Lipinski definition) is 3. The molecule has 2 aromatic rings. The minimum Gasteiger partial charge on any atom is -0.496 e. The van der Waals surface area contributed by atoms with Crippen molar-refractivity contribution < 1.29 is 9.47 Å². The predicted molar refractivity (Wildman–Crippen MR) is 84.0 cm³/mol. The number of nitrogens with one attached hydrogen (secondary N) is 1. The Labute approximate surface area is 125 Å². The van der Waals surface area contributed by atoms with E-state index in [1.165, 1.54) is 16.7 Å². The van der Waals surface area contributed by atoms with Gasteiger partial charge in [-0.15, -0.1) is 0 Å². The molecule has 1 N–H and O–H groups in total. The topological polar surface area (TPSA) is 30.5 Å². The average Bonchev–Trinajstić information content (AvgIpc) is 2.90. The first-order valence-electron chi connectivity index (χ1n) is 7.35. The van der Waals surface area contributed by atoms with Crippen LogP contribution in [0.5, 0.6) is 11.5 Å². The van der Waals surface area contributed by atoms with Gasteiger partial charge in [0.2, 0.25) is 0 Å². The second-order valence-corrected chi connectivity index (χ2v) is 5.50. The van der Waals surface area contributed by atoms with Crippen molar-refractivity contribution in [1.82, 2.24) is 5.32 Å². The van der Waals surface area contributed by atoms with Crippen molar-refractivity contribution in [2.45, 2.75) is 26.0 Å². The third-order valence-corrected chi connectivity index (χ3v) is 3.84. The fourth-order valence-electron chi connectivity index (χ4n) is 2.78. The molecule has 3 nitrogen and oxygen atoms in total. The molecule has 1 aliphatic rings. The summed E-state index contributed by atoms with van der Waals surface area (Å²) in [6.45, 7) is 3.73. The summed E-state index contributed by atoms with van der Waals surface area (Å²) in [4.78, 5) is 0. The Bertz CT molecular complexity index is 599. The van der Waals surface area contributed by atoms with E-state index >= 15 is 0 Å². The van der Waals surface area contributed by atoms with Gasteiger partial charge >= 0.3 is 0 Å². The first-order valence-corrected chi connectivity index (χ1v) is 7.35. The summed E-state index contributed by atoms with van der Waals surface area (Å²) in [5.74, 6) is 1.96. The van der Waals surface area contributed by atoms with E-state index in [1.807, 2.05) is 18.2 Å². The quantitative estimate of drug-likeness (QED) is 0.914. The third-order valence-electron chi connectivity index (χ3n) is 3.84.